The fourth-order valence-electron chi connectivity index (χ4n) is 1.32. The van der Waals surface area contributed by atoms with Crippen molar-refractivity contribution in [2.24, 2.45) is 0 Å². The summed E-state index contributed by atoms with van der Waals surface area (Å²) in [4.78, 5) is 0. The van der Waals surface area contributed by atoms with Gasteiger partial charge in [-0.3, -0.25) is 0 Å². The highest BCUT2D eigenvalue weighted by atomic mass is 32.2. The van der Waals surface area contributed by atoms with E-state index in [1.54, 1.807) is 6.20 Å². The van der Waals surface area contributed by atoms with Crippen molar-refractivity contribution in [3.63, 3.8) is 0 Å². The molecule has 0 bridgehead atoms. The van der Waals surface area contributed by atoms with Crippen LogP contribution in [-0.2, 0) is 23.1 Å². The van der Waals surface area contributed by atoms with Crippen molar-refractivity contribution in [3.8, 4) is 0 Å². The van der Waals surface area contributed by atoms with Crippen LogP contribution in [0, 0.1) is 0 Å². The fraction of sp³-hybridized carbons (Fsp3) is 0.500. The van der Waals surface area contributed by atoms with Crippen LogP contribution in [0.2, 0.25) is 0 Å². The number of hydrogen-bond acceptors (Lipinski definition) is 4. The van der Waals surface area contributed by atoms with Crippen LogP contribution in [0.15, 0.2) is 6.20 Å². The van der Waals surface area contributed by atoms with Gasteiger partial charge in [0.05, 0.1) is 18.1 Å². The van der Waals surface area contributed by atoms with Crippen LogP contribution >= 0.6 is 0 Å². The van der Waals surface area contributed by atoms with Gasteiger partial charge in [-0.1, -0.05) is 0 Å². The third kappa shape index (κ3) is 1.03. The molecule has 12 heavy (non-hydrogen) atoms. The van der Waals surface area contributed by atoms with Crippen molar-refractivity contribution in [3.05, 3.63) is 17.5 Å². The third-order valence-corrected chi connectivity index (χ3v) is 2.79. The summed E-state index contributed by atoms with van der Waals surface area (Å²) < 4.78 is 23.3. The lowest BCUT2D eigenvalue weighted by Crippen LogP contribution is -2.16. The molecule has 1 aromatic rings. The molecule has 0 saturated carbocycles. The molecule has 2 rings (SSSR count). The van der Waals surface area contributed by atoms with Gasteiger partial charge < -0.3 is 5.32 Å². The van der Waals surface area contributed by atoms with Crippen molar-refractivity contribution >= 4 is 10.0 Å². The predicted molar refractivity (Wildman–Crippen MR) is 43.0 cm³/mol. The van der Waals surface area contributed by atoms with E-state index in [-0.39, 0.29) is 0 Å². The summed E-state index contributed by atoms with van der Waals surface area (Å²) in [6, 6.07) is 0. The average Bonchev–Trinajstić information content (AvgIpc) is 2.37. The second kappa shape index (κ2) is 2.30. The zero-order valence-corrected chi connectivity index (χ0v) is 7.43. The highest BCUT2D eigenvalue weighted by Gasteiger charge is 2.20. The van der Waals surface area contributed by atoms with Gasteiger partial charge in [-0.05, 0) is 0 Å². The van der Waals surface area contributed by atoms with Gasteiger partial charge in [-0.25, -0.2) is 8.42 Å². The first-order valence-corrected chi connectivity index (χ1v) is 5.41. The Morgan fingerprint density at radius 2 is 2.33 bits per heavy atom. The predicted octanol–water partition coefficient (Wildman–Crippen LogP) is -0.706. The lowest BCUT2D eigenvalue weighted by Gasteiger charge is -2.00. The van der Waals surface area contributed by atoms with Crippen molar-refractivity contribution in [2.75, 3.05) is 6.26 Å². The summed E-state index contributed by atoms with van der Waals surface area (Å²) in [5.41, 5.74) is 1.73. The molecule has 0 spiro atoms. The molecule has 0 aliphatic carbocycles. The van der Waals surface area contributed by atoms with Crippen LogP contribution in [0.1, 0.15) is 11.3 Å². The molecule has 1 N–H and O–H groups in total. The fourth-order valence-corrected chi connectivity index (χ4v) is 2.12. The Labute approximate surface area is 70.4 Å². The lowest BCUT2D eigenvalue weighted by molar-refractivity contribution is 0.581. The lowest BCUT2D eigenvalue weighted by atomic mass is 10.3. The Kier molecular flexibility index (Phi) is 1.49. The Morgan fingerprint density at radius 3 is 3.00 bits per heavy atom. The first-order chi connectivity index (χ1) is 5.59. The van der Waals surface area contributed by atoms with E-state index >= 15 is 0 Å². The van der Waals surface area contributed by atoms with Gasteiger partial charge in [0.25, 0.3) is 10.0 Å². The van der Waals surface area contributed by atoms with Crippen LogP contribution in [0.5, 0.6) is 0 Å². The van der Waals surface area contributed by atoms with Crippen LogP contribution in [-0.4, -0.2) is 23.9 Å². The largest absolute Gasteiger partial charge is 0.307 e. The van der Waals surface area contributed by atoms with Crippen LogP contribution in [0.4, 0.5) is 0 Å². The van der Waals surface area contributed by atoms with Crippen molar-refractivity contribution in [1.29, 1.82) is 0 Å². The number of rotatable bonds is 1. The molecule has 0 radical (unpaired) electrons. The number of hydrogen-bond donors (Lipinski definition) is 1. The van der Waals surface area contributed by atoms with E-state index in [1.165, 1.54) is 0 Å². The standard InChI is InChI=1S/C6H9N3O2S/c1-12(10,11)9-6-4-7-2-5(6)3-8-9/h3,7H,2,4H2,1H3. The molecule has 6 heteroatoms. The van der Waals surface area contributed by atoms with E-state index in [1.807, 2.05) is 0 Å². The molecule has 0 aromatic carbocycles. The van der Waals surface area contributed by atoms with Gasteiger partial charge in [0.2, 0.25) is 0 Å². The molecule has 1 aliphatic heterocycles. The van der Waals surface area contributed by atoms with Gasteiger partial charge in [0, 0.05) is 18.7 Å². The summed E-state index contributed by atoms with van der Waals surface area (Å²) in [7, 11) is -3.22. The third-order valence-electron chi connectivity index (χ3n) is 1.84. The van der Waals surface area contributed by atoms with Gasteiger partial charge in [0.15, 0.2) is 0 Å². The van der Waals surface area contributed by atoms with E-state index in [0.717, 1.165) is 21.6 Å². The molecular weight excluding hydrogens is 178 g/mol. The topological polar surface area (TPSA) is 64.0 Å². The summed E-state index contributed by atoms with van der Waals surface area (Å²) in [5.74, 6) is 0. The summed E-state index contributed by atoms with van der Waals surface area (Å²) in [6.45, 7) is 1.30. The van der Waals surface area contributed by atoms with Gasteiger partial charge in [0.1, 0.15) is 0 Å². The molecule has 66 valence electrons. The van der Waals surface area contributed by atoms with E-state index in [9.17, 15) is 8.42 Å². The second-order valence-corrected chi connectivity index (χ2v) is 4.64. The van der Waals surface area contributed by atoms with Crippen molar-refractivity contribution in [2.45, 2.75) is 13.1 Å². The van der Waals surface area contributed by atoms with Gasteiger partial charge in [-0.15, -0.1) is 0 Å². The maximum Gasteiger partial charge on any atom is 0.251 e. The van der Waals surface area contributed by atoms with Crippen molar-refractivity contribution < 1.29 is 8.42 Å². The zero-order chi connectivity index (χ0) is 8.77. The van der Waals surface area contributed by atoms with E-state index < -0.39 is 10.0 Å². The Balaban J connectivity index is 2.61. The Bertz CT molecular complexity index is 406. The minimum absolute atomic E-state index is 0.586. The van der Waals surface area contributed by atoms with E-state index in [4.69, 9.17) is 0 Å². The maximum atomic E-state index is 11.1. The van der Waals surface area contributed by atoms with Crippen LogP contribution in [0.3, 0.4) is 0 Å². The molecule has 0 saturated heterocycles. The maximum absolute atomic E-state index is 11.1. The quantitative estimate of drug-likeness (QED) is 0.631. The monoisotopic (exact) mass is 187 g/mol. The van der Waals surface area contributed by atoms with E-state index in [0.29, 0.717) is 13.1 Å². The summed E-state index contributed by atoms with van der Waals surface area (Å²) >= 11 is 0. The summed E-state index contributed by atoms with van der Waals surface area (Å²) in [5, 5.41) is 6.85. The zero-order valence-electron chi connectivity index (χ0n) is 6.61. The van der Waals surface area contributed by atoms with Crippen LogP contribution < -0.4 is 5.32 Å². The second-order valence-electron chi connectivity index (χ2n) is 2.83. The minimum atomic E-state index is -3.22. The molecule has 1 aliphatic rings. The molecule has 0 amide bonds. The summed E-state index contributed by atoms with van der Waals surface area (Å²) in [6.07, 6.45) is 2.75. The highest BCUT2D eigenvalue weighted by molar-refractivity contribution is 7.89. The first kappa shape index (κ1) is 7.75. The molecule has 0 atom stereocenters. The Morgan fingerprint density at radius 1 is 1.58 bits per heavy atom. The molecule has 2 heterocycles. The normalized spacial score (nSPS) is 16.4. The Hall–Kier alpha value is -0.880. The number of fused-ring (bicyclic) bond motifs is 1. The molecule has 0 unspecified atom stereocenters. The molecule has 0 fully saturated rings. The number of nitrogens with one attached hydrogen (secondary N) is 1. The molecular formula is C6H9N3O2S. The SMILES string of the molecule is CS(=O)(=O)n1ncc2c1CNC2. The number of nitrogens with zero attached hydrogens (tertiary/aromatic N) is 2. The number of aromatic nitrogens is 2. The van der Waals surface area contributed by atoms with Gasteiger partial charge in [-0.2, -0.15) is 9.19 Å². The minimum Gasteiger partial charge on any atom is -0.307 e. The van der Waals surface area contributed by atoms with Crippen molar-refractivity contribution in [1.82, 2.24) is 14.5 Å². The molecule has 1 aromatic heterocycles. The molecule has 5 nitrogen and oxygen atoms in total. The smallest absolute Gasteiger partial charge is 0.251 e. The van der Waals surface area contributed by atoms with Gasteiger partial charge >= 0.3 is 0 Å². The average molecular weight is 187 g/mol. The highest BCUT2D eigenvalue weighted by Crippen LogP contribution is 2.15. The van der Waals surface area contributed by atoms with E-state index in [2.05, 4.69) is 10.4 Å². The van der Waals surface area contributed by atoms with Crippen LogP contribution in [0.25, 0.3) is 0 Å². The first-order valence-electron chi connectivity index (χ1n) is 3.56.